The maximum absolute atomic E-state index is 9.15. The molecule has 2 nitrogen and oxygen atoms in total. The van der Waals surface area contributed by atoms with Gasteiger partial charge in [0.1, 0.15) is 5.75 Å². The molecule has 0 saturated heterocycles. The van der Waals surface area contributed by atoms with Crippen molar-refractivity contribution in [2.75, 3.05) is 0 Å². The number of rotatable bonds is 2. The van der Waals surface area contributed by atoms with Crippen LogP contribution in [0.25, 0.3) is 0 Å². The third-order valence-electron chi connectivity index (χ3n) is 1.84. The summed E-state index contributed by atoms with van der Waals surface area (Å²) >= 11 is 0. The molecule has 76 valence electrons. The normalized spacial score (nSPS) is 10.7. The van der Waals surface area contributed by atoms with Crippen molar-refractivity contribution in [1.29, 1.82) is 5.26 Å². The first kappa shape index (κ1) is 12.5. The number of aromatic hydroxyl groups is 1. The maximum atomic E-state index is 9.15. The van der Waals surface area contributed by atoms with Gasteiger partial charge in [0.05, 0.1) is 6.07 Å². The van der Waals surface area contributed by atoms with Crippen molar-refractivity contribution < 1.29 is 5.11 Å². The van der Waals surface area contributed by atoms with E-state index >= 15 is 0 Å². The topological polar surface area (TPSA) is 44.0 Å². The van der Waals surface area contributed by atoms with E-state index in [4.69, 9.17) is 10.4 Å². The van der Waals surface area contributed by atoms with E-state index < -0.39 is 0 Å². The first-order valence-electron chi connectivity index (χ1n) is 4.90. The quantitative estimate of drug-likeness (QED) is 0.778. The zero-order valence-corrected chi connectivity index (χ0v) is 8.99. The lowest BCUT2D eigenvalue weighted by atomic mass is 9.98. The summed E-state index contributed by atoms with van der Waals surface area (Å²) in [7, 11) is 0. The standard InChI is InChI=1S/C10H11NO.C2H6/c1-8(5-6-11)9-3-2-4-10(12)7-9;1-2/h2-4,7-8,12H,5H2,1H3;1-2H3. The van der Waals surface area contributed by atoms with Gasteiger partial charge in [-0.3, -0.25) is 0 Å². The zero-order valence-electron chi connectivity index (χ0n) is 8.99. The van der Waals surface area contributed by atoms with E-state index in [0.29, 0.717) is 6.42 Å². The van der Waals surface area contributed by atoms with Gasteiger partial charge in [0, 0.05) is 6.42 Å². The number of hydrogen-bond acceptors (Lipinski definition) is 2. The second-order valence-electron chi connectivity index (χ2n) is 2.86. The van der Waals surface area contributed by atoms with E-state index in [-0.39, 0.29) is 11.7 Å². The van der Waals surface area contributed by atoms with Gasteiger partial charge in [0.15, 0.2) is 0 Å². The molecule has 0 amide bonds. The Kier molecular flexibility index (Phi) is 6.22. The summed E-state index contributed by atoms with van der Waals surface area (Å²) in [5.74, 6) is 0.458. The van der Waals surface area contributed by atoms with Gasteiger partial charge in [-0.15, -0.1) is 0 Å². The lowest BCUT2D eigenvalue weighted by molar-refractivity contribution is 0.474. The minimum Gasteiger partial charge on any atom is -0.508 e. The van der Waals surface area contributed by atoms with Gasteiger partial charge in [-0.25, -0.2) is 0 Å². The minimum atomic E-state index is 0.196. The smallest absolute Gasteiger partial charge is 0.115 e. The Morgan fingerprint density at radius 1 is 1.43 bits per heavy atom. The van der Waals surface area contributed by atoms with Gasteiger partial charge >= 0.3 is 0 Å². The largest absolute Gasteiger partial charge is 0.508 e. The van der Waals surface area contributed by atoms with E-state index in [9.17, 15) is 0 Å². The molecule has 0 aromatic heterocycles. The van der Waals surface area contributed by atoms with Crippen LogP contribution >= 0.6 is 0 Å². The predicted molar refractivity (Wildman–Crippen MR) is 58.1 cm³/mol. The fourth-order valence-electron chi connectivity index (χ4n) is 1.09. The predicted octanol–water partition coefficient (Wildman–Crippen LogP) is 3.44. The Hall–Kier alpha value is -1.49. The fourth-order valence-corrected chi connectivity index (χ4v) is 1.09. The fraction of sp³-hybridized carbons (Fsp3) is 0.417. The van der Waals surface area contributed by atoms with Crippen LogP contribution in [-0.4, -0.2) is 5.11 Å². The molecule has 0 aliphatic carbocycles. The van der Waals surface area contributed by atoms with Gasteiger partial charge in [-0.1, -0.05) is 32.9 Å². The highest BCUT2D eigenvalue weighted by Gasteiger charge is 2.04. The van der Waals surface area contributed by atoms with Crippen LogP contribution in [0.5, 0.6) is 5.75 Å². The summed E-state index contributed by atoms with van der Waals surface area (Å²) in [6.45, 7) is 5.97. The van der Waals surface area contributed by atoms with E-state index in [1.807, 2.05) is 26.8 Å². The van der Waals surface area contributed by atoms with Gasteiger partial charge in [0.2, 0.25) is 0 Å². The molecule has 0 aliphatic heterocycles. The highest BCUT2D eigenvalue weighted by atomic mass is 16.3. The number of benzene rings is 1. The minimum absolute atomic E-state index is 0.196. The van der Waals surface area contributed by atoms with E-state index in [2.05, 4.69) is 6.07 Å². The third kappa shape index (κ3) is 3.95. The number of phenolic OH excluding ortho intramolecular Hbond substituents is 1. The summed E-state index contributed by atoms with van der Waals surface area (Å²) in [6, 6.07) is 9.14. The molecule has 0 radical (unpaired) electrons. The van der Waals surface area contributed by atoms with Crippen molar-refractivity contribution in [2.24, 2.45) is 0 Å². The van der Waals surface area contributed by atoms with Crippen molar-refractivity contribution >= 4 is 0 Å². The molecule has 1 N–H and O–H groups in total. The summed E-state index contributed by atoms with van der Waals surface area (Å²) in [6.07, 6.45) is 0.490. The van der Waals surface area contributed by atoms with Gasteiger partial charge in [-0.05, 0) is 23.6 Å². The van der Waals surface area contributed by atoms with E-state index in [0.717, 1.165) is 5.56 Å². The molecule has 2 heteroatoms. The first-order valence-corrected chi connectivity index (χ1v) is 4.90. The SMILES string of the molecule is CC.CC(CC#N)c1cccc(O)c1. The Balaban J connectivity index is 0.000000791. The van der Waals surface area contributed by atoms with Crippen molar-refractivity contribution in [3.8, 4) is 11.8 Å². The Morgan fingerprint density at radius 2 is 2.07 bits per heavy atom. The van der Waals surface area contributed by atoms with Crippen LogP contribution < -0.4 is 0 Å². The molecule has 1 unspecified atom stereocenters. The molecule has 0 bridgehead atoms. The van der Waals surface area contributed by atoms with Gasteiger partial charge in [0.25, 0.3) is 0 Å². The Morgan fingerprint density at radius 3 is 2.57 bits per heavy atom. The zero-order chi connectivity index (χ0) is 11.0. The number of nitrogens with zero attached hydrogens (tertiary/aromatic N) is 1. The average Bonchev–Trinajstić information content (AvgIpc) is 2.21. The lowest BCUT2D eigenvalue weighted by Gasteiger charge is -2.06. The highest BCUT2D eigenvalue weighted by Crippen LogP contribution is 2.21. The Labute approximate surface area is 85.8 Å². The molecule has 14 heavy (non-hydrogen) atoms. The van der Waals surface area contributed by atoms with Crippen LogP contribution in [0, 0.1) is 11.3 Å². The van der Waals surface area contributed by atoms with Gasteiger partial charge in [-0.2, -0.15) is 5.26 Å². The molecule has 1 rings (SSSR count). The molecule has 0 saturated carbocycles. The van der Waals surface area contributed by atoms with Crippen molar-refractivity contribution in [3.05, 3.63) is 29.8 Å². The second-order valence-corrected chi connectivity index (χ2v) is 2.86. The number of phenols is 1. The van der Waals surface area contributed by atoms with E-state index in [1.54, 1.807) is 18.2 Å². The van der Waals surface area contributed by atoms with Crippen LogP contribution in [0.2, 0.25) is 0 Å². The molecule has 0 fully saturated rings. The molecular formula is C12H17NO. The average molecular weight is 191 g/mol. The molecule has 1 aromatic rings. The monoisotopic (exact) mass is 191 g/mol. The number of nitriles is 1. The summed E-state index contributed by atoms with van der Waals surface area (Å²) in [4.78, 5) is 0. The van der Waals surface area contributed by atoms with Crippen LogP contribution in [0.4, 0.5) is 0 Å². The molecule has 0 spiro atoms. The second kappa shape index (κ2) is 6.97. The van der Waals surface area contributed by atoms with Crippen LogP contribution in [0.15, 0.2) is 24.3 Å². The Bertz CT molecular complexity index is 301. The molecule has 1 aromatic carbocycles. The first-order chi connectivity index (χ1) is 6.74. The molecule has 1 atom stereocenters. The van der Waals surface area contributed by atoms with Crippen LogP contribution in [0.1, 0.15) is 38.7 Å². The summed E-state index contributed by atoms with van der Waals surface area (Å²) in [5.41, 5.74) is 1.01. The molecular weight excluding hydrogens is 174 g/mol. The number of hydrogen-bond donors (Lipinski definition) is 1. The van der Waals surface area contributed by atoms with Gasteiger partial charge < -0.3 is 5.11 Å². The summed E-state index contributed by atoms with van der Waals surface area (Å²) in [5, 5.41) is 17.6. The van der Waals surface area contributed by atoms with E-state index in [1.165, 1.54) is 0 Å². The summed E-state index contributed by atoms with van der Waals surface area (Å²) < 4.78 is 0. The maximum Gasteiger partial charge on any atom is 0.115 e. The van der Waals surface area contributed by atoms with Crippen LogP contribution in [-0.2, 0) is 0 Å². The van der Waals surface area contributed by atoms with Crippen molar-refractivity contribution in [3.63, 3.8) is 0 Å². The molecule has 0 aliphatic rings. The van der Waals surface area contributed by atoms with Crippen molar-refractivity contribution in [2.45, 2.75) is 33.1 Å². The third-order valence-corrected chi connectivity index (χ3v) is 1.84. The van der Waals surface area contributed by atoms with Crippen molar-refractivity contribution in [1.82, 2.24) is 0 Å². The molecule has 0 heterocycles. The van der Waals surface area contributed by atoms with Crippen LogP contribution in [0.3, 0.4) is 0 Å². The lowest BCUT2D eigenvalue weighted by Crippen LogP contribution is -1.90. The highest BCUT2D eigenvalue weighted by molar-refractivity contribution is 5.29.